The molecule has 9 nitrogen and oxygen atoms in total. The number of nitrogens with one attached hydrogen (secondary N) is 1. The average molecular weight is 353 g/mol. The molecule has 9 heteroatoms. The first kappa shape index (κ1) is 16.8. The van der Waals surface area contributed by atoms with Crippen LogP contribution in [0.3, 0.4) is 0 Å². The minimum Gasteiger partial charge on any atom is -0.504 e. The van der Waals surface area contributed by atoms with Crippen molar-refractivity contribution in [2.45, 2.75) is 0 Å². The lowest BCUT2D eigenvalue weighted by molar-refractivity contribution is 0.0996. The molecular weight excluding hydrogens is 338 g/mol. The molecule has 0 aliphatic rings. The summed E-state index contributed by atoms with van der Waals surface area (Å²) in [6, 6.07) is 10.7. The number of rotatable bonds is 4. The maximum absolute atomic E-state index is 11.5. The van der Waals surface area contributed by atoms with Crippen LogP contribution in [-0.4, -0.2) is 31.9 Å². The van der Waals surface area contributed by atoms with Gasteiger partial charge in [0.2, 0.25) is 0 Å². The van der Waals surface area contributed by atoms with Crippen molar-refractivity contribution >= 4 is 17.6 Å². The number of anilines is 1. The molecule has 0 saturated carbocycles. The highest BCUT2D eigenvalue weighted by Crippen LogP contribution is 2.31. The van der Waals surface area contributed by atoms with E-state index in [-0.39, 0.29) is 22.9 Å². The Labute approximate surface area is 147 Å². The number of nitrogens with two attached hydrogens (primary N) is 2. The highest BCUT2D eigenvalue weighted by atomic mass is 16.3. The zero-order valence-electron chi connectivity index (χ0n) is 13.4. The summed E-state index contributed by atoms with van der Waals surface area (Å²) in [5, 5.41) is 25.3. The second-order valence-electron chi connectivity index (χ2n) is 5.44. The molecule has 3 amide bonds. The minimum absolute atomic E-state index is 0.109. The van der Waals surface area contributed by atoms with E-state index in [9.17, 15) is 19.8 Å². The number of phenols is 2. The third kappa shape index (κ3) is 3.26. The van der Waals surface area contributed by atoms with Gasteiger partial charge in [0.25, 0.3) is 5.91 Å². The molecule has 1 aromatic heterocycles. The van der Waals surface area contributed by atoms with Crippen molar-refractivity contribution in [3.8, 4) is 28.3 Å². The number of hydrogen-bond donors (Lipinski definition) is 5. The molecule has 0 aliphatic carbocycles. The van der Waals surface area contributed by atoms with E-state index >= 15 is 0 Å². The lowest BCUT2D eigenvalue weighted by Gasteiger charge is -2.06. The van der Waals surface area contributed by atoms with E-state index in [0.29, 0.717) is 11.3 Å². The molecule has 0 unspecified atom stereocenters. The number of phenolic OH excluding ortho intramolecular Hbond substituents is 2. The monoisotopic (exact) mass is 353 g/mol. The molecule has 132 valence electrons. The predicted molar refractivity (Wildman–Crippen MR) is 94.1 cm³/mol. The number of nitrogens with zero attached hydrogens (tertiary/aromatic N) is 2. The molecule has 3 rings (SSSR count). The summed E-state index contributed by atoms with van der Waals surface area (Å²) < 4.78 is 1.38. The van der Waals surface area contributed by atoms with Gasteiger partial charge in [-0.1, -0.05) is 18.2 Å². The van der Waals surface area contributed by atoms with Crippen molar-refractivity contribution in [3.63, 3.8) is 0 Å². The predicted octanol–water partition coefficient (Wildman–Crippen LogP) is 1.54. The first-order valence-corrected chi connectivity index (χ1v) is 7.44. The van der Waals surface area contributed by atoms with Gasteiger partial charge in [-0.05, 0) is 35.4 Å². The third-order valence-corrected chi connectivity index (χ3v) is 3.65. The Bertz CT molecular complexity index is 995. The Morgan fingerprint density at radius 1 is 0.962 bits per heavy atom. The van der Waals surface area contributed by atoms with E-state index in [1.807, 2.05) is 0 Å². The lowest BCUT2D eigenvalue weighted by Crippen LogP contribution is -2.22. The summed E-state index contributed by atoms with van der Waals surface area (Å²) in [7, 11) is 0. The zero-order chi connectivity index (χ0) is 18.8. The molecule has 0 fully saturated rings. The van der Waals surface area contributed by atoms with Gasteiger partial charge in [-0.25, -0.2) is 9.48 Å². The van der Waals surface area contributed by atoms with Gasteiger partial charge in [0.15, 0.2) is 17.2 Å². The fourth-order valence-electron chi connectivity index (χ4n) is 2.42. The molecule has 3 aromatic rings. The minimum atomic E-state index is -0.838. The number of aromatic hydroxyl groups is 2. The summed E-state index contributed by atoms with van der Waals surface area (Å²) in [5.74, 6) is -1.22. The number of hydrogen-bond acceptors (Lipinski definition) is 5. The molecule has 0 saturated heterocycles. The Kier molecular flexibility index (Phi) is 4.19. The number of benzene rings is 2. The summed E-state index contributed by atoms with van der Waals surface area (Å²) in [5.41, 5.74) is 12.4. The fourth-order valence-corrected chi connectivity index (χ4v) is 2.42. The first-order chi connectivity index (χ1) is 12.3. The first-order valence-electron chi connectivity index (χ1n) is 7.44. The van der Waals surface area contributed by atoms with E-state index in [2.05, 4.69) is 10.4 Å². The average Bonchev–Trinajstić information content (AvgIpc) is 3.01. The number of carbonyl (C=O) groups is 2. The highest BCUT2D eigenvalue weighted by Gasteiger charge is 2.16. The molecule has 0 spiro atoms. The van der Waals surface area contributed by atoms with Crippen LogP contribution in [0.1, 0.15) is 10.5 Å². The Morgan fingerprint density at radius 3 is 2.19 bits per heavy atom. The second-order valence-corrected chi connectivity index (χ2v) is 5.44. The van der Waals surface area contributed by atoms with Crippen molar-refractivity contribution in [1.82, 2.24) is 9.78 Å². The summed E-state index contributed by atoms with van der Waals surface area (Å²) in [4.78, 5) is 22.5. The van der Waals surface area contributed by atoms with Crippen LogP contribution in [0.2, 0.25) is 0 Å². The highest BCUT2D eigenvalue weighted by molar-refractivity contribution is 6.00. The standard InChI is InChI=1S/C17H15N5O4/c18-16(25)15-12(20-17(19)26)8-22(21-15)11-4-1-9(2-5-11)10-3-6-13(23)14(24)7-10/h1-8,23-24H,(H2,18,25)(H3,19,20,26). The van der Waals surface area contributed by atoms with Crippen molar-refractivity contribution < 1.29 is 19.8 Å². The number of primary amides is 2. The van der Waals surface area contributed by atoms with Crippen LogP contribution < -0.4 is 16.8 Å². The van der Waals surface area contributed by atoms with E-state index < -0.39 is 11.9 Å². The number of urea groups is 1. The fraction of sp³-hybridized carbons (Fsp3) is 0. The van der Waals surface area contributed by atoms with Gasteiger partial charge in [0, 0.05) is 0 Å². The van der Waals surface area contributed by atoms with Crippen LogP contribution >= 0.6 is 0 Å². The Morgan fingerprint density at radius 2 is 1.62 bits per heavy atom. The number of aromatic nitrogens is 2. The molecule has 2 aromatic carbocycles. The maximum atomic E-state index is 11.5. The summed E-state index contributed by atoms with van der Waals surface area (Å²) in [6.45, 7) is 0. The number of amides is 3. The van der Waals surface area contributed by atoms with Gasteiger partial charge in [0.1, 0.15) is 0 Å². The Hall–Kier alpha value is -4.01. The van der Waals surface area contributed by atoms with E-state index in [0.717, 1.165) is 5.56 Å². The molecular formula is C17H15N5O4. The molecule has 0 bridgehead atoms. The second kappa shape index (κ2) is 6.48. The molecule has 1 heterocycles. The maximum Gasteiger partial charge on any atom is 0.316 e. The van der Waals surface area contributed by atoms with Crippen LogP contribution in [0.15, 0.2) is 48.7 Å². The molecule has 7 N–H and O–H groups in total. The van der Waals surface area contributed by atoms with Gasteiger partial charge < -0.3 is 27.0 Å². The van der Waals surface area contributed by atoms with Gasteiger partial charge in [-0.15, -0.1) is 0 Å². The largest absolute Gasteiger partial charge is 0.504 e. The van der Waals surface area contributed by atoms with Crippen LogP contribution in [0.5, 0.6) is 11.5 Å². The van der Waals surface area contributed by atoms with E-state index in [1.165, 1.54) is 23.0 Å². The van der Waals surface area contributed by atoms with E-state index in [4.69, 9.17) is 11.5 Å². The SMILES string of the molecule is NC(=O)Nc1cn(-c2ccc(-c3ccc(O)c(O)c3)cc2)nc1C(N)=O. The van der Waals surface area contributed by atoms with Crippen LogP contribution in [0.25, 0.3) is 16.8 Å². The molecule has 0 radical (unpaired) electrons. The molecule has 26 heavy (non-hydrogen) atoms. The van der Waals surface area contributed by atoms with E-state index in [1.54, 1.807) is 30.3 Å². The zero-order valence-corrected chi connectivity index (χ0v) is 13.4. The van der Waals surface area contributed by atoms with Gasteiger partial charge >= 0.3 is 6.03 Å². The van der Waals surface area contributed by atoms with Gasteiger partial charge in [-0.2, -0.15) is 5.10 Å². The normalized spacial score (nSPS) is 10.5. The third-order valence-electron chi connectivity index (χ3n) is 3.65. The summed E-state index contributed by atoms with van der Waals surface area (Å²) >= 11 is 0. The van der Waals surface area contributed by atoms with Crippen molar-refractivity contribution in [2.24, 2.45) is 11.5 Å². The van der Waals surface area contributed by atoms with Crippen LogP contribution in [-0.2, 0) is 0 Å². The quantitative estimate of drug-likeness (QED) is 0.450. The van der Waals surface area contributed by atoms with Crippen LogP contribution in [0, 0.1) is 0 Å². The van der Waals surface area contributed by atoms with Crippen molar-refractivity contribution in [2.75, 3.05) is 5.32 Å². The lowest BCUT2D eigenvalue weighted by atomic mass is 10.0. The van der Waals surface area contributed by atoms with Crippen molar-refractivity contribution in [3.05, 3.63) is 54.4 Å². The molecule has 0 atom stereocenters. The summed E-state index contributed by atoms with van der Waals surface area (Å²) in [6.07, 6.45) is 1.42. The molecule has 0 aliphatic heterocycles. The smallest absolute Gasteiger partial charge is 0.316 e. The van der Waals surface area contributed by atoms with Crippen molar-refractivity contribution in [1.29, 1.82) is 0 Å². The number of carbonyl (C=O) groups excluding carboxylic acids is 2. The van der Waals surface area contributed by atoms with Crippen LogP contribution in [0.4, 0.5) is 10.5 Å². The Balaban J connectivity index is 1.94. The van der Waals surface area contributed by atoms with Gasteiger partial charge in [0.05, 0.1) is 17.6 Å². The topological polar surface area (TPSA) is 156 Å². The van der Waals surface area contributed by atoms with Gasteiger partial charge in [-0.3, -0.25) is 4.79 Å².